The number of ether oxygens (including phenoxy) is 1. The third-order valence-electron chi connectivity index (χ3n) is 5.77. The zero-order chi connectivity index (χ0) is 19.5. The standard InChI is InChI=1S/C23H32O3Si/c1-5-18-16-22(24)26-21(18)17-25-27(23(2,3)4,19-12-8-6-9-13-19)20-14-10-7-11-15-20/h6-15,18,21-22,24H,5,16-17H2,1-4H3/t18-,21+,22-/m0/s1. The zero-order valence-electron chi connectivity index (χ0n) is 16.9. The van der Waals surface area contributed by atoms with Crippen LogP contribution >= 0.6 is 0 Å². The Morgan fingerprint density at radius 1 is 1.00 bits per heavy atom. The van der Waals surface area contributed by atoms with Crippen molar-refractivity contribution in [2.75, 3.05) is 6.61 Å². The molecule has 0 aliphatic carbocycles. The van der Waals surface area contributed by atoms with Gasteiger partial charge in [-0.05, 0) is 21.3 Å². The fraction of sp³-hybridized carbons (Fsp3) is 0.478. The minimum atomic E-state index is -2.54. The van der Waals surface area contributed by atoms with Crippen LogP contribution in [0.4, 0.5) is 0 Å². The maximum absolute atomic E-state index is 9.96. The van der Waals surface area contributed by atoms with Crippen molar-refractivity contribution >= 4 is 18.7 Å². The second-order valence-corrected chi connectivity index (χ2v) is 12.8. The van der Waals surface area contributed by atoms with Crippen molar-refractivity contribution in [1.29, 1.82) is 0 Å². The fourth-order valence-corrected chi connectivity index (χ4v) is 8.92. The molecule has 4 heteroatoms. The lowest BCUT2D eigenvalue weighted by Crippen LogP contribution is -2.67. The lowest BCUT2D eigenvalue weighted by atomic mass is 9.99. The molecule has 0 radical (unpaired) electrons. The van der Waals surface area contributed by atoms with Gasteiger partial charge in [0.2, 0.25) is 0 Å². The maximum atomic E-state index is 9.96. The first kappa shape index (κ1) is 20.3. The molecular weight excluding hydrogens is 352 g/mol. The molecule has 2 aromatic rings. The third kappa shape index (κ3) is 4.04. The molecule has 0 bridgehead atoms. The Kier molecular flexibility index (Phi) is 6.21. The molecule has 146 valence electrons. The van der Waals surface area contributed by atoms with E-state index in [2.05, 4.69) is 88.4 Å². The van der Waals surface area contributed by atoms with Gasteiger partial charge in [-0.15, -0.1) is 0 Å². The second-order valence-electron chi connectivity index (χ2n) is 8.51. The Hall–Kier alpha value is -1.46. The van der Waals surface area contributed by atoms with Crippen LogP contribution in [0.25, 0.3) is 0 Å². The minimum absolute atomic E-state index is 0.0470. The van der Waals surface area contributed by atoms with E-state index in [-0.39, 0.29) is 11.1 Å². The second kappa shape index (κ2) is 8.27. The summed E-state index contributed by atoms with van der Waals surface area (Å²) in [7, 11) is -2.54. The van der Waals surface area contributed by atoms with E-state index in [0.29, 0.717) is 18.9 Å². The van der Waals surface area contributed by atoms with Crippen molar-refractivity contribution in [3.05, 3.63) is 60.7 Å². The van der Waals surface area contributed by atoms with E-state index in [1.54, 1.807) is 0 Å². The van der Waals surface area contributed by atoms with Crippen LogP contribution in [0, 0.1) is 5.92 Å². The van der Waals surface area contributed by atoms with E-state index >= 15 is 0 Å². The van der Waals surface area contributed by atoms with Crippen molar-refractivity contribution in [3.8, 4) is 0 Å². The zero-order valence-corrected chi connectivity index (χ0v) is 17.9. The number of hydrogen-bond acceptors (Lipinski definition) is 3. The largest absolute Gasteiger partial charge is 0.405 e. The van der Waals surface area contributed by atoms with Crippen molar-refractivity contribution in [2.45, 2.75) is 58.0 Å². The molecule has 3 atom stereocenters. The van der Waals surface area contributed by atoms with Gasteiger partial charge in [-0.25, -0.2) is 0 Å². The molecule has 1 N–H and O–H groups in total. The number of hydrogen-bond donors (Lipinski definition) is 1. The van der Waals surface area contributed by atoms with Crippen molar-refractivity contribution in [1.82, 2.24) is 0 Å². The van der Waals surface area contributed by atoms with Crippen LogP contribution < -0.4 is 10.4 Å². The number of aliphatic hydroxyl groups is 1. The molecule has 1 aliphatic heterocycles. The smallest absolute Gasteiger partial charge is 0.261 e. The van der Waals surface area contributed by atoms with E-state index in [0.717, 1.165) is 6.42 Å². The van der Waals surface area contributed by atoms with Gasteiger partial charge < -0.3 is 14.3 Å². The van der Waals surface area contributed by atoms with Crippen LogP contribution in [0.2, 0.25) is 5.04 Å². The molecule has 3 rings (SSSR count). The number of benzene rings is 2. The number of rotatable bonds is 6. The van der Waals surface area contributed by atoms with Crippen molar-refractivity contribution in [3.63, 3.8) is 0 Å². The Labute approximate surface area is 164 Å². The Morgan fingerprint density at radius 2 is 1.52 bits per heavy atom. The summed E-state index contributed by atoms with van der Waals surface area (Å²) in [5.41, 5.74) is 0. The molecule has 1 fully saturated rings. The Bertz CT molecular complexity index is 672. The quantitative estimate of drug-likeness (QED) is 0.772. The molecule has 3 nitrogen and oxygen atoms in total. The lowest BCUT2D eigenvalue weighted by Gasteiger charge is -2.43. The van der Waals surface area contributed by atoms with Crippen molar-refractivity contribution < 1.29 is 14.3 Å². The van der Waals surface area contributed by atoms with Gasteiger partial charge in [0.05, 0.1) is 12.7 Å². The molecule has 0 unspecified atom stereocenters. The summed E-state index contributed by atoms with van der Waals surface area (Å²) in [6, 6.07) is 21.3. The van der Waals surface area contributed by atoms with Crippen LogP contribution in [0.15, 0.2) is 60.7 Å². The molecule has 1 heterocycles. The summed E-state index contributed by atoms with van der Waals surface area (Å²) in [6.45, 7) is 9.51. The van der Waals surface area contributed by atoms with Gasteiger partial charge in [0, 0.05) is 6.42 Å². The van der Waals surface area contributed by atoms with E-state index in [1.807, 2.05) is 0 Å². The van der Waals surface area contributed by atoms with Crippen LogP contribution in [0.1, 0.15) is 40.5 Å². The average molecular weight is 385 g/mol. The summed E-state index contributed by atoms with van der Waals surface area (Å²) in [5.74, 6) is 0.346. The highest BCUT2D eigenvalue weighted by Crippen LogP contribution is 2.38. The normalized spacial score (nSPS) is 23.5. The van der Waals surface area contributed by atoms with Gasteiger partial charge in [-0.2, -0.15) is 0 Å². The monoisotopic (exact) mass is 384 g/mol. The van der Waals surface area contributed by atoms with Crippen LogP contribution in [0.5, 0.6) is 0 Å². The molecular formula is C23H32O3Si. The Morgan fingerprint density at radius 3 is 1.96 bits per heavy atom. The van der Waals surface area contributed by atoms with Gasteiger partial charge in [0.25, 0.3) is 8.32 Å². The lowest BCUT2D eigenvalue weighted by molar-refractivity contribution is -0.102. The highest BCUT2D eigenvalue weighted by molar-refractivity contribution is 6.99. The predicted molar refractivity (Wildman–Crippen MR) is 113 cm³/mol. The van der Waals surface area contributed by atoms with Gasteiger partial charge in [0.15, 0.2) is 6.29 Å². The van der Waals surface area contributed by atoms with Crippen molar-refractivity contribution in [2.24, 2.45) is 5.92 Å². The first-order valence-corrected chi connectivity index (χ1v) is 11.9. The Balaban J connectivity index is 2.02. The summed E-state index contributed by atoms with van der Waals surface area (Å²) >= 11 is 0. The van der Waals surface area contributed by atoms with Gasteiger partial charge in [-0.1, -0.05) is 94.8 Å². The van der Waals surface area contributed by atoms with E-state index in [1.165, 1.54) is 10.4 Å². The summed E-state index contributed by atoms with van der Waals surface area (Å²) in [5, 5.41) is 12.5. The summed E-state index contributed by atoms with van der Waals surface area (Å²) < 4.78 is 12.7. The predicted octanol–water partition coefficient (Wildman–Crippen LogP) is 3.70. The summed E-state index contributed by atoms with van der Waals surface area (Å²) in [4.78, 5) is 0. The average Bonchev–Trinajstić information content (AvgIpc) is 3.03. The maximum Gasteiger partial charge on any atom is 0.261 e. The van der Waals surface area contributed by atoms with Gasteiger partial charge >= 0.3 is 0 Å². The SMILES string of the molecule is CC[C@H]1C[C@@H](O)O[C@@H]1CO[Si](c1ccccc1)(c1ccccc1)C(C)(C)C. The molecule has 0 amide bonds. The molecule has 0 aromatic heterocycles. The molecule has 0 spiro atoms. The van der Waals surface area contributed by atoms with Gasteiger partial charge in [-0.3, -0.25) is 0 Å². The highest BCUT2D eigenvalue weighted by Gasteiger charge is 2.51. The third-order valence-corrected chi connectivity index (χ3v) is 10.8. The van der Waals surface area contributed by atoms with Gasteiger partial charge in [0.1, 0.15) is 0 Å². The molecule has 2 aromatic carbocycles. The molecule has 0 saturated carbocycles. The summed E-state index contributed by atoms with van der Waals surface area (Å²) in [6.07, 6.45) is 0.978. The first-order valence-electron chi connectivity index (χ1n) is 9.97. The van der Waals surface area contributed by atoms with Crippen LogP contribution in [0.3, 0.4) is 0 Å². The highest BCUT2D eigenvalue weighted by atomic mass is 28.4. The number of aliphatic hydroxyl groups excluding tert-OH is 1. The van der Waals surface area contributed by atoms with Crippen LogP contribution in [-0.2, 0) is 9.16 Å². The van der Waals surface area contributed by atoms with E-state index < -0.39 is 14.6 Å². The molecule has 1 aliphatic rings. The first-order chi connectivity index (χ1) is 12.9. The van der Waals surface area contributed by atoms with E-state index in [9.17, 15) is 5.11 Å². The molecule has 27 heavy (non-hydrogen) atoms. The van der Waals surface area contributed by atoms with Crippen LogP contribution in [-0.4, -0.2) is 32.4 Å². The minimum Gasteiger partial charge on any atom is -0.405 e. The topological polar surface area (TPSA) is 38.7 Å². The molecule has 1 saturated heterocycles. The van der Waals surface area contributed by atoms with E-state index in [4.69, 9.17) is 9.16 Å². The fourth-order valence-electron chi connectivity index (χ4n) is 4.35.